The Kier molecular flexibility index (Phi) is 15.7. The number of aliphatic hydroxyl groups is 2. The lowest BCUT2D eigenvalue weighted by Crippen LogP contribution is -2.33. The van der Waals surface area contributed by atoms with Gasteiger partial charge in [-0.05, 0) is 13.8 Å². The number of carboxylic acids is 1. The van der Waals surface area contributed by atoms with Crippen molar-refractivity contribution < 1.29 is 20.1 Å². The molecule has 0 bridgehead atoms. The molecule has 0 aliphatic heterocycles. The van der Waals surface area contributed by atoms with Crippen molar-refractivity contribution in [3.8, 4) is 0 Å². The Labute approximate surface area is 77.6 Å². The van der Waals surface area contributed by atoms with Crippen LogP contribution in [0.2, 0.25) is 0 Å². The number of hydrogen-bond acceptors (Lipinski definition) is 4. The summed E-state index contributed by atoms with van der Waals surface area (Å²) < 4.78 is 0. The van der Waals surface area contributed by atoms with Crippen LogP contribution >= 0.6 is 12.4 Å². The van der Waals surface area contributed by atoms with Crippen LogP contribution in [0.15, 0.2) is 0 Å². The number of aliphatic carboxylic acids is 1. The molecular formula is C6H16ClNO4. The first kappa shape index (κ1) is 17.7. The molecule has 0 fully saturated rings. The number of rotatable bonds is 2. The molecule has 0 aliphatic carbocycles. The molecule has 0 saturated carbocycles. The van der Waals surface area contributed by atoms with E-state index in [4.69, 9.17) is 21.1 Å². The van der Waals surface area contributed by atoms with Crippen molar-refractivity contribution in [2.24, 2.45) is 5.73 Å². The predicted octanol–water partition coefficient (Wildman–Crippen LogP) is -0.801. The van der Waals surface area contributed by atoms with Gasteiger partial charge in [-0.15, -0.1) is 12.4 Å². The summed E-state index contributed by atoms with van der Waals surface area (Å²) in [5, 5.41) is 24.0. The smallest absolute Gasteiger partial charge is 0.322 e. The van der Waals surface area contributed by atoms with Crippen LogP contribution in [0.3, 0.4) is 0 Å². The molecule has 0 amide bonds. The Morgan fingerprint density at radius 2 is 1.75 bits per heavy atom. The summed E-state index contributed by atoms with van der Waals surface area (Å²) in [6.45, 7) is 2.94. The van der Waals surface area contributed by atoms with Gasteiger partial charge in [-0.2, -0.15) is 0 Å². The van der Waals surface area contributed by atoms with Crippen molar-refractivity contribution in [2.75, 3.05) is 6.61 Å². The van der Waals surface area contributed by atoms with E-state index in [1.54, 1.807) is 13.8 Å². The van der Waals surface area contributed by atoms with Gasteiger partial charge in [0.1, 0.15) is 6.04 Å². The zero-order valence-corrected chi connectivity index (χ0v) is 7.91. The number of carbonyl (C=O) groups is 1. The standard InChI is InChI=1S/C3H7NO3.C3H8O.ClH/c4-2(1-5)3(6)7;1-3(2)4;/h2,5H,1,4H2,(H,6,7);3-4H,1-2H3;1H/t2-;;/m1../s1. The zero-order valence-electron chi connectivity index (χ0n) is 7.10. The maximum absolute atomic E-state index is 9.65. The molecule has 0 radical (unpaired) electrons. The van der Waals surface area contributed by atoms with Crippen molar-refractivity contribution in [1.29, 1.82) is 0 Å². The minimum Gasteiger partial charge on any atom is -0.480 e. The largest absolute Gasteiger partial charge is 0.480 e. The highest BCUT2D eigenvalue weighted by molar-refractivity contribution is 5.85. The van der Waals surface area contributed by atoms with Crippen molar-refractivity contribution in [1.82, 2.24) is 0 Å². The van der Waals surface area contributed by atoms with E-state index >= 15 is 0 Å². The number of hydrogen-bond donors (Lipinski definition) is 4. The molecular weight excluding hydrogens is 186 g/mol. The second-order valence-electron chi connectivity index (χ2n) is 2.22. The summed E-state index contributed by atoms with van der Waals surface area (Å²) in [6.07, 6.45) is -0.167. The van der Waals surface area contributed by atoms with Gasteiger partial charge in [-0.25, -0.2) is 0 Å². The van der Waals surface area contributed by atoms with E-state index in [9.17, 15) is 4.79 Å². The third-order valence-electron chi connectivity index (χ3n) is 0.514. The van der Waals surface area contributed by atoms with Gasteiger partial charge in [0, 0.05) is 6.10 Å². The van der Waals surface area contributed by atoms with Gasteiger partial charge in [-0.3, -0.25) is 4.79 Å². The topological polar surface area (TPSA) is 104 Å². The summed E-state index contributed by atoms with van der Waals surface area (Å²) >= 11 is 0. The van der Waals surface area contributed by atoms with Gasteiger partial charge < -0.3 is 21.1 Å². The fourth-order valence-electron chi connectivity index (χ4n) is 0.0781. The van der Waals surface area contributed by atoms with Crippen molar-refractivity contribution in [2.45, 2.75) is 26.0 Å². The van der Waals surface area contributed by atoms with Crippen molar-refractivity contribution in [3.05, 3.63) is 0 Å². The molecule has 0 aromatic rings. The van der Waals surface area contributed by atoms with Gasteiger partial charge in [-0.1, -0.05) is 0 Å². The lowest BCUT2D eigenvalue weighted by Gasteiger charge is -1.96. The van der Waals surface area contributed by atoms with Gasteiger partial charge in [0.05, 0.1) is 6.61 Å². The van der Waals surface area contributed by atoms with Crippen LogP contribution in [0.25, 0.3) is 0 Å². The van der Waals surface area contributed by atoms with Crippen LogP contribution in [0.5, 0.6) is 0 Å². The first-order valence-corrected chi connectivity index (χ1v) is 3.19. The molecule has 0 aromatic carbocycles. The molecule has 6 heteroatoms. The molecule has 1 atom stereocenters. The highest BCUT2D eigenvalue weighted by Gasteiger charge is 2.06. The molecule has 5 nitrogen and oxygen atoms in total. The minimum absolute atomic E-state index is 0. The van der Waals surface area contributed by atoms with E-state index in [1.165, 1.54) is 0 Å². The minimum atomic E-state index is -1.18. The molecule has 0 unspecified atom stereocenters. The van der Waals surface area contributed by atoms with Crippen molar-refractivity contribution in [3.63, 3.8) is 0 Å². The third-order valence-corrected chi connectivity index (χ3v) is 0.514. The molecule has 5 N–H and O–H groups in total. The van der Waals surface area contributed by atoms with E-state index in [-0.39, 0.29) is 18.5 Å². The Morgan fingerprint density at radius 3 is 1.75 bits per heavy atom. The average molecular weight is 202 g/mol. The quantitative estimate of drug-likeness (QED) is 0.468. The molecule has 0 rings (SSSR count). The molecule has 0 aromatic heterocycles. The fraction of sp³-hybridized carbons (Fsp3) is 0.833. The highest BCUT2D eigenvalue weighted by atomic mass is 35.5. The van der Waals surface area contributed by atoms with Crippen LogP contribution in [0, 0.1) is 0 Å². The fourth-order valence-corrected chi connectivity index (χ4v) is 0.0781. The Morgan fingerprint density at radius 1 is 1.50 bits per heavy atom. The van der Waals surface area contributed by atoms with E-state index < -0.39 is 18.6 Å². The Balaban J connectivity index is -0.000000142. The number of carboxylic acid groups (broad SMARTS) is 1. The lowest BCUT2D eigenvalue weighted by atomic mass is 10.3. The second kappa shape index (κ2) is 10.6. The van der Waals surface area contributed by atoms with Crippen LogP contribution < -0.4 is 5.73 Å². The van der Waals surface area contributed by atoms with E-state index in [1.807, 2.05) is 0 Å². The Bertz CT molecular complexity index is 107. The number of halogens is 1. The molecule has 12 heavy (non-hydrogen) atoms. The van der Waals surface area contributed by atoms with Crippen molar-refractivity contribution >= 4 is 18.4 Å². The third kappa shape index (κ3) is 22.6. The summed E-state index contributed by atoms with van der Waals surface area (Å²) in [7, 11) is 0. The maximum atomic E-state index is 9.65. The molecule has 0 heterocycles. The van der Waals surface area contributed by atoms with Crippen LogP contribution in [0.1, 0.15) is 13.8 Å². The average Bonchev–Trinajstić information content (AvgIpc) is 1.85. The van der Waals surface area contributed by atoms with E-state index in [0.717, 1.165) is 0 Å². The molecule has 76 valence electrons. The van der Waals surface area contributed by atoms with E-state index in [2.05, 4.69) is 0 Å². The van der Waals surface area contributed by atoms with Gasteiger partial charge >= 0.3 is 5.97 Å². The molecule has 0 spiro atoms. The first-order chi connectivity index (χ1) is 4.91. The summed E-state index contributed by atoms with van der Waals surface area (Å²) in [4.78, 5) is 9.65. The summed E-state index contributed by atoms with van der Waals surface area (Å²) in [6, 6.07) is -1.13. The monoisotopic (exact) mass is 201 g/mol. The number of nitrogens with two attached hydrogens (primary N) is 1. The van der Waals surface area contributed by atoms with Crippen LogP contribution in [-0.2, 0) is 4.79 Å². The van der Waals surface area contributed by atoms with Gasteiger partial charge in [0.2, 0.25) is 0 Å². The summed E-state index contributed by atoms with van der Waals surface area (Å²) in [5.41, 5.74) is 4.77. The molecule has 0 aliphatic rings. The normalized spacial score (nSPS) is 10.8. The van der Waals surface area contributed by atoms with Gasteiger partial charge in [0.25, 0.3) is 0 Å². The zero-order chi connectivity index (χ0) is 9.44. The predicted molar refractivity (Wildman–Crippen MR) is 47.3 cm³/mol. The maximum Gasteiger partial charge on any atom is 0.322 e. The highest BCUT2D eigenvalue weighted by Crippen LogP contribution is 1.71. The van der Waals surface area contributed by atoms with Gasteiger partial charge in [0.15, 0.2) is 0 Å². The lowest BCUT2D eigenvalue weighted by molar-refractivity contribution is -0.139. The van der Waals surface area contributed by atoms with Crippen LogP contribution in [0.4, 0.5) is 0 Å². The Hall–Kier alpha value is -0.360. The van der Waals surface area contributed by atoms with Crippen LogP contribution in [-0.4, -0.2) is 40.0 Å². The summed E-state index contributed by atoms with van der Waals surface area (Å²) in [5.74, 6) is -1.18. The SMILES string of the molecule is CC(C)O.Cl.N[C@H](CO)C(=O)O. The number of aliphatic hydroxyl groups excluding tert-OH is 2. The molecule has 0 saturated heterocycles. The first-order valence-electron chi connectivity index (χ1n) is 3.19. The second-order valence-corrected chi connectivity index (χ2v) is 2.22. The van der Waals surface area contributed by atoms with E-state index in [0.29, 0.717) is 0 Å².